The zero-order valence-electron chi connectivity index (χ0n) is 16.8. The molecule has 2 N–H and O–H groups in total. The van der Waals surface area contributed by atoms with Crippen LogP contribution in [-0.4, -0.2) is 39.6 Å². The highest BCUT2D eigenvalue weighted by Crippen LogP contribution is 2.37. The van der Waals surface area contributed by atoms with Crippen LogP contribution in [0.1, 0.15) is 22.2 Å². The van der Waals surface area contributed by atoms with Crippen molar-refractivity contribution in [2.24, 2.45) is 0 Å². The molecule has 0 unspecified atom stereocenters. The maximum Gasteiger partial charge on any atom is 0.325 e. The molecule has 5 rings (SSSR count). The van der Waals surface area contributed by atoms with E-state index in [0.717, 1.165) is 49.8 Å². The van der Waals surface area contributed by atoms with Crippen molar-refractivity contribution >= 4 is 39.8 Å². The lowest BCUT2D eigenvalue weighted by Crippen LogP contribution is -2.37. The predicted octanol–water partition coefficient (Wildman–Crippen LogP) is 5.14. The van der Waals surface area contributed by atoms with Crippen LogP contribution < -0.4 is 4.74 Å². The lowest BCUT2D eigenvalue weighted by molar-refractivity contribution is -0.144. The summed E-state index contributed by atoms with van der Waals surface area (Å²) >= 11 is 7.71. The molecular weight excluding hydrogens is 434 g/mol. The van der Waals surface area contributed by atoms with Gasteiger partial charge < -0.3 is 14.8 Å². The van der Waals surface area contributed by atoms with E-state index in [1.165, 1.54) is 0 Å². The highest BCUT2D eigenvalue weighted by molar-refractivity contribution is 7.15. The minimum absolute atomic E-state index is 0.556. The Morgan fingerprint density at radius 3 is 2.84 bits per heavy atom. The number of ether oxygens (including phenoxy) is 1. The lowest BCUT2D eigenvalue weighted by atomic mass is 10.0. The summed E-state index contributed by atoms with van der Waals surface area (Å²) in [5.41, 5.74) is 3.69. The molecule has 0 fully saturated rings. The van der Waals surface area contributed by atoms with Gasteiger partial charge in [0.15, 0.2) is 0 Å². The fourth-order valence-corrected chi connectivity index (χ4v) is 5.44. The van der Waals surface area contributed by atoms with E-state index in [0.29, 0.717) is 18.1 Å². The number of hydrogen-bond acceptors (Lipinski definition) is 5. The first-order valence-electron chi connectivity index (χ1n) is 9.90. The monoisotopic (exact) mass is 453 g/mol. The van der Waals surface area contributed by atoms with Crippen molar-refractivity contribution in [3.8, 4) is 16.3 Å². The molecule has 0 saturated heterocycles. The Hall–Kier alpha value is -2.87. The maximum atomic E-state index is 12.3. The second-order valence-corrected chi connectivity index (χ2v) is 9.03. The van der Waals surface area contributed by atoms with Crippen molar-refractivity contribution in [2.75, 3.05) is 13.7 Å². The maximum absolute atomic E-state index is 12.3. The van der Waals surface area contributed by atoms with E-state index in [-0.39, 0.29) is 0 Å². The van der Waals surface area contributed by atoms with Crippen LogP contribution in [-0.2, 0) is 17.8 Å². The van der Waals surface area contributed by atoms with Crippen molar-refractivity contribution in [3.63, 3.8) is 0 Å². The fourth-order valence-electron chi connectivity index (χ4n) is 4.13. The quantitative estimate of drug-likeness (QED) is 0.437. The molecule has 0 radical (unpaired) electrons. The Balaban J connectivity index is 1.45. The smallest absolute Gasteiger partial charge is 0.325 e. The fraction of sp³-hybridized carbons (Fsp3) is 0.217. The summed E-state index contributed by atoms with van der Waals surface area (Å²) in [6.45, 7) is 1.19. The second-order valence-electron chi connectivity index (χ2n) is 7.51. The number of H-pyrrole nitrogens is 1. The number of nitrogens with zero attached hydrogens (tertiary/aromatic N) is 2. The van der Waals surface area contributed by atoms with E-state index < -0.39 is 12.0 Å². The van der Waals surface area contributed by atoms with E-state index in [2.05, 4.69) is 4.98 Å². The Bertz CT molecular complexity index is 1270. The number of halogens is 1. The van der Waals surface area contributed by atoms with E-state index in [1.54, 1.807) is 30.7 Å². The summed E-state index contributed by atoms with van der Waals surface area (Å²) in [5, 5.41) is 12.5. The van der Waals surface area contributed by atoms with E-state index in [4.69, 9.17) is 21.3 Å². The first-order valence-corrected chi connectivity index (χ1v) is 11.1. The van der Waals surface area contributed by atoms with Crippen molar-refractivity contribution in [3.05, 3.63) is 69.8 Å². The van der Waals surface area contributed by atoms with Gasteiger partial charge in [-0.15, -0.1) is 11.3 Å². The summed E-state index contributed by atoms with van der Waals surface area (Å²) in [5.74, 6) is -0.0558. The molecule has 0 aliphatic carbocycles. The third kappa shape index (κ3) is 3.69. The van der Waals surface area contributed by atoms with Crippen molar-refractivity contribution in [2.45, 2.75) is 19.0 Å². The van der Waals surface area contributed by atoms with Gasteiger partial charge >= 0.3 is 5.97 Å². The Kier molecular flexibility index (Phi) is 5.17. The lowest BCUT2D eigenvalue weighted by Gasteiger charge is -2.31. The molecule has 2 aromatic heterocycles. The van der Waals surface area contributed by atoms with Gasteiger partial charge in [0.05, 0.1) is 12.8 Å². The molecule has 31 heavy (non-hydrogen) atoms. The molecule has 0 saturated carbocycles. The molecule has 4 aromatic rings. The number of aromatic nitrogens is 2. The van der Waals surface area contributed by atoms with Crippen LogP contribution in [0.2, 0.25) is 5.02 Å². The molecule has 8 heteroatoms. The summed E-state index contributed by atoms with van der Waals surface area (Å²) in [6, 6.07) is 12.6. The number of carbonyl (C=O) groups is 1. The van der Waals surface area contributed by atoms with Crippen molar-refractivity contribution in [1.29, 1.82) is 0 Å². The van der Waals surface area contributed by atoms with E-state index in [9.17, 15) is 9.90 Å². The number of fused-ring (bicyclic) bond motifs is 2. The Morgan fingerprint density at radius 2 is 2.10 bits per heavy atom. The number of methoxy groups -OCH3 is 1. The van der Waals surface area contributed by atoms with Crippen LogP contribution in [0.25, 0.3) is 21.5 Å². The molecule has 6 nitrogen and oxygen atoms in total. The third-order valence-electron chi connectivity index (χ3n) is 5.67. The zero-order valence-corrected chi connectivity index (χ0v) is 18.3. The minimum Gasteiger partial charge on any atom is -0.497 e. The van der Waals surface area contributed by atoms with E-state index in [1.807, 2.05) is 41.3 Å². The van der Waals surface area contributed by atoms with Gasteiger partial charge in [-0.3, -0.25) is 9.69 Å². The molecule has 2 aromatic carbocycles. The van der Waals surface area contributed by atoms with Gasteiger partial charge in [-0.25, -0.2) is 4.98 Å². The van der Waals surface area contributed by atoms with Gasteiger partial charge in [0.1, 0.15) is 16.8 Å². The molecule has 158 valence electrons. The standard InChI is InChI=1S/C23H20ClN3O3S/c1-30-15-5-2-13(3-6-15)22-26-18-8-9-27(12-20(18)31-22)21(23(28)29)17-11-25-19-10-14(24)4-7-16(17)19/h2-7,10-11,21,25H,8-9,12H2,1H3,(H,28,29)/t21-/m0/s1. The van der Waals surface area contributed by atoms with Gasteiger partial charge in [-0.1, -0.05) is 17.7 Å². The summed E-state index contributed by atoms with van der Waals surface area (Å²) in [6.07, 6.45) is 2.50. The van der Waals surface area contributed by atoms with Crippen LogP contribution in [0.15, 0.2) is 48.7 Å². The SMILES string of the molecule is COc1ccc(-c2nc3c(s2)CN([C@H](C(=O)O)c2c[nH]c4cc(Cl)ccc24)CC3)cc1. The number of benzene rings is 2. The van der Waals surface area contributed by atoms with Gasteiger partial charge in [0.2, 0.25) is 0 Å². The number of carboxylic acid groups (broad SMARTS) is 1. The summed E-state index contributed by atoms with van der Waals surface area (Å²) in [7, 11) is 1.65. The summed E-state index contributed by atoms with van der Waals surface area (Å²) in [4.78, 5) is 23.4. The first kappa shape index (κ1) is 20.1. The molecular formula is C23H20ClN3O3S. The Labute approximate surface area is 188 Å². The van der Waals surface area contributed by atoms with Gasteiger partial charge in [0, 0.05) is 57.6 Å². The van der Waals surface area contributed by atoms with Gasteiger partial charge in [-0.05, 0) is 36.4 Å². The highest BCUT2D eigenvalue weighted by Gasteiger charge is 2.33. The van der Waals surface area contributed by atoms with Crippen LogP contribution in [0.5, 0.6) is 5.75 Å². The topological polar surface area (TPSA) is 78.4 Å². The van der Waals surface area contributed by atoms with Crippen LogP contribution in [0.4, 0.5) is 0 Å². The molecule has 0 amide bonds. The average molecular weight is 454 g/mol. The normalized spacial score (nSPS) is 15.0. The number of aliphatic carboxylic acids is 1. The number of thiazole rings is 1. The number of rotatable bonds is 5. The highest BCUT2D eigenvalue weighted by atomic mass is 35.5. The molecule has 0 spiro atoms. The third-order valence-corrected chi connectivity index (χ3v) is 7.03. The second kappa shape index (κ2) is 8.00. The zero-order chi connectivity index (χ0) is 21.5. The molecule has 1 aliphatic rings. The predicted molar refractivity (Wildman–Crippen MR) is 122 cm³/mol. The average Bonchev–Trinajstić information content (AvgIpc) is 3.37. The minimum atomic E-state index is -0.862. The van der Waals surface area contributed by atoms with Crippen LogP contribution in [0, 0.1) is 0 Å². The van der Waals surface area contributed by atoms with Gasteiger partial charge in [0.25, 0.3) is 0 Å². The number of nitrogens with one attached hydrogen (secondary N) is 1. The van der Waals surface area contributed by atoms with Crippen LogP contribution in [0.3, 0.4) is 0 Å². The van der Waals surface area contributed by atoms with E-state index >= 15 is 0 Å². The van der Waals surface area contributed by atoms with Crippen molar-refractivity contribution < 1.29 is 14.6 Å². The van der Waals surface area contributed by atoms with Crippen LogP contribution >= 0.6 is 22.9 Å². The first-order chi connectivity index (χ1) is 15.0. The largest absolute Gasteiger partial charge is 0.497 e. The number of carboxylic acids is 1. The molecule has 3 heterocycles. The molecule has 1 aliphatic heterocycles. The Morgan fingerprint density at radius 1 is 1.29 bits per heavy atom. The summed E-state index contributed by atoms with van der Waals surface area (Å²) < 4.78 is 5.23. The number of hydrogen-bond donors (Lipinski definition) is 2. The molecule has 0 bridgehead atoms. The van der Waals surface area contributed by atoms with Gasteiger partial charge in [-0.2, -0.15) is 0 Å². The number of aromatic amines is 1. The van der Waals surface area contributed by atoms with Crippen molar-refractivity contribution in [1.82, 2.24) is 14.9 Å². The molecule has 1 atom stereocenters.